The highest BCUT2D eigenvalue weighted by atomic mass is 16.3. The van der Waals surface area contributed by atoms with Crippen LogP contribution >= 0.6 is 0 Å². The largest absolute Gasteiger partial charge is 0.508 e. The third-order valence-electron chi connectivity index (χ3n) is 3.82. The summed E-state index contributed by atoms with van der Waals surface area (Å²) in [4.78, 5) is 8.80. The zero-order valence-electron chi connectivity index (χ0n) is 12.7. The Hall–Kier alpha value is -3.19. The number of rotatable bonds is 4. The fourth-order valence-electron chi connectivity index (χ4n) is 2.60. The van der Waals surface area contributed by atoms with Crippen molar-refractivity contribution in [2.75, 3.05) is 6.61 Å². The van der Waals surface area contributed by atoms with Crippen LogP contribution in [0.25, 0.3) is 28.2 Å². The Kier molecular flexibility index (Phi) is 3.47. The van der Waals surface area contributed by atoms with Crippen molar-refractivity contribution in [1.29, 1.82) is 0 Å². The molecule has 3 heterocycles. The fourth-order valence-corrected chi connectivity index (χ4v) is 2.60. The molecule has 7 nitrogen and oxygen atoms in total. The van der Waals surface area contributed by atoms with E-state index < -0.39 is 0 Å². The van der Waals surface area contributed by atoms with E-state index in [-0.39, 0.29) is 12.4 Å². The van der Waals surface area contributed by atoms with Crippen LogP contribution in [0, 0.1) is 0 Å². The van der Waals surface area contributed by atoms with Gasteiger partial charge in [-0.05, 0) is 24.3 Å². The lowest BCUT2D eigenvalue weighted by Crippen LogP contribution is -2.01. The van der Waals surface area contributed by atoms with E-state index >= 15 is 0 Å². The molecule has 0 aliphatic rings. The van der Waals surface area contributed by atoms with Crippen molar-refractivity contribution in [3.05, 3.63) is 55.2 Å². The molecule has 4 rings (SSSR count). The summed E-state index contributed by atoms with van der Waals surface area (Å²) in [5, 5.41) is 22.6. The molecular formula is C17H15N5O2. The summed E-state index contributed by atoms with van der Waals surface area (Å²) in [6.07, 6.45) is 8.97. The molecule has 0 amide bonds. The number of imidazole rings is 1. The first kappa shape index (κ1) is 14.4. The lowest BCUT2D eigenvalue weighted by Gasteiger charge is -2.04. The maximum atomic E-state index is 9.45. The molecule has 0 radical (unpaired) electrons. The molecule has 2 N–H and O–H groups in total. The van der Waals surface area contributed by atoms with Gasteiger partial charge >= 0.3 is 0 Å². The summed E-state index contributed by atoms with van der Waals surface area (Å²) in [6, 6.07) is 6.99. The fraction of sp³-hybridized carbons (Fsp3) is 0.118. The van der Waals surface area contributed by atoms with Crippen molar-refractivity contribution in [3.8, 4) is 28.3 Å². The van der Waals surface area contributed by atoms with E-state index in [1.807, 2.05) is 28.9 Å². The van der Waals surface area contributed by atoms with Crippen molar-refractivity contribution in [2.24, 2.45) is 0 Å². The van der Waals surface area contributed by atoms with Crippen LogP contribution in [-0.4, -0.2) is 41.0 Å². The zero-order valence-corrected chi connectivity index (χ0v) is 12.7. The minimum atomic E-state index is 0.0418. The molecular weight excluding hydrogens is 306 g/mol. The Morgan fingerprint density at radius 2 is 1.75 bits per heavy atom. The number of aliphatic hydroxyl groups excluding tert-OH is 1. The molecule has 0 unspecified atom stereocenters. The topological polar surface area (TPSA) is 88.5 Å². The quantitative estimate of drug-likeness (QED) is 0.600. The first-order valence-electron chi connectivity index (χ1n) is 7.51. The highest BCUT2D eigenvalue weighted by Gasteiger charge is 2.10. The number of nitrogens with zero attached hydrogens (tertiary/aromatic N) is 5. The number of benzene rings is 1. The summed E-state index contributed by atoms with van der Waals surface area (Å²) >= 11 is 0. The molecule has 120 valence electrons. The first-order valence-corrected chi connectivity index (χ1v) is 7.51. The summed E-state index contributed by atoms with van der Waals surface area (Å²) in [6.45, 7) is 0.492. The highest BCUT2D eigenvalue weighted by molar-refractivity contribution is 5.66. The van der Waals surface area contributed by atoms with Crippen LogP contribution in [0.15, 0.2) is 55.2 Å². The number of aromatic nitrogens is 5. The van der Waals surface area contributed by atoms with Crippen LogP contribution < -0.4 is 0 Å². The van der Waals surface area contributed by atoms with Gasteiger partial charge in [-0.1, -0.05) is 0 Å². The van der Waals surface area contributed by atoms with Crippen molar-refractivity contribution >= 4 is 5.65 Å². The van der Waals surface area contributed by atoms with E-state index in [0.29, 0.717) is 6.54 Å². The lowest BCUT2D eigenvalue weighted by molar-refractivity contribution is 0.269. The first-order chi connectivity index (χ1) is 11.7. The molecule has 1 aromatic carbocycles. The molecule has 0 fully saturated rings. The molecule has 0 saturated heterocycles. The Balaban J connectivity index is 1.79. The summed E-state index contributed by atoms with van der Waals surface area (Å²) in [5.41, 5.74) is 4.25. The molecule has 24 heavy (non-hydrogen) atoms. The summed E-state index contributed by atoms with van der Waals surface area (Å²) < 4.78 is 3.63. The number of aliphatic hydroxyl groups is 1. The molecule has 7 heteroatoms. The molecule has 0 aliphatic heterocycles. The van der Waals surface area contributed by atoms with Gasteiger partial charge in [0.1, 0.15) is 5.75 Å². The number of phenolic OH excluding ortho intramolecular Hbond substituents is 1. The predicted octanol–water partition coefficient (Wildman–Crippen LogP) is 1.96. The van der Waals surface area contributed by atoms with E-state index in [0.717, 1.165) is 28.2 Å². The van der Waals surface area contributed by atoms with Gasteiger partial charge in [-0.15, -0.1) is 0 Å². The van der Waals surface area contributed by atoms with Crippen LogP contribution in [0.3, 0.4) is 0 Å². The second kappa shape index (κ2) is 5.78. The highest BCUT2D eigenvalue weighted by Crippen LogP contribution is 2.24. The number of fused-ring (bicyclic) bond motifs is 1. The second-order valence-electron chi connectivity index (χ2n) is 5.41. The number of hydrogen-bond donors (Lipinski definition) is 2. The smallest absolute Gasteiger partial charge is 0.155 e. The third-order valence-corrected chi connectivity index (χ3v) is 3.82. The molecule has 0 atom stereocenters. The number of phenols is 1. The van der Waals surface area contributed by atoms with Gasteiger partial charge in [0, 0.05) is 23.5 Å². The van der Waals surface area contributed by atoms with E-state index in [4.69, 9.17) is 5.11 Å². The Labute approximate surface area is 137 Å². The summed E-state index contributed by atoms with van der Waals surface area (Å²) in [7, 11) is 0. The lowest BCUT2D eigenvalue weighted by atomic mass is 10.1. The maximum absolute atomic E-state index is 9.45. The van der Waals surface area contributed by atoms with Gasteiger partial charge < -0.3 is 10.2 Å². The Morgan fingerprint density at radius 3 is 2.54 bits per heavy atom. The van der Waals surface area contributed by atoms with E-state index in [1.54, 1.807) is 35.4 Å². The minimum absolute atomic E-state index is 0.0418. The zero-order chi connectivity index (χ0) is 16.5. The normalized spacial score (nSPS) is 11.2. The van der Waals surface area contributed by atoms with Crippen LogP contribution in [0.4, 0.5) is 0 Å². The van der Waals surface area contributed by atoms with Gasteiger partial charge in [0.05, 0.1) is 43.1 Å². The van der Waals surface area contributed by atoms with E-state index in [1.165, 1.54) is 0 Å². The van der Waals surface area contributed by atoms with Crippen molar-refractivity contribution < 1.29 is 10.2 Å². The minimum Gasteiger partial charge on any atom is -0.508 e. The van der Waals surface area contributed by atoms with Gasteiger partial charge in [0.2, 0.25) is 0 Å². The average molecular weight is 321 g/mol. The molecule has 0 spiro atoms. The van der Waals surface area contributed by atoms with Crippen LogP contribution in [0.2, 0.25) is 0 Å². The van der Waals surface area contributed by atoms with Crippen LogP contribution in [-0.2, 0) is 6.54 Å². The molecule has 3 aromatic heterocycles. The third kappa shape index (κ3) is 2.50. The molecule has 0 saturated carbocycles. The SMILES string of the molecule is OCCn1cc(-c2cn3c(-c4ccc(O)cc4)cnc3cn2)cn1. The van der Waals surface area contributed by atoms with Gasteiger partial charge in [0.15, 0.2) is 5.65 Å². The van der Waals surface area contributed by atoms with Crippen molar-refractivity contribution in [3.63, 3.8) is 0 Å². The molecule has 4 aromatic rings. The number of hydrogen-bond acceptors (Lipinski definition) is 5. The Morgan fingerprint density at radius 1 is 0.917 bits per heavy atom. The van der Waals surface area contributed by atoms with Gasteiger partial charge in [-0.3, -0.25) is 14.1 Å². The van der Waals surface area contributed by atoms with E-state index in [2.05, 4.69) is 15.1 Å². The van der Waals surface area contributed by atoms with Crippen LogP contribution in [0.5, 0.6) is 5.75 Å². The molecule has 0 aliphatic carbocycles. The maximum Gasteiger partial charge on any atom is 0.155 e. The standard InChI is InChI=1S/C17H15N5O2/c23-6-5-21-10-13(7-20-21)15-11-22-16(8-19-17(22)9-18-15)12-1-3-14(24)4-2-12/h1-4,7-11,23-24H,5-6H2. The summed E-state index contributed by atoms with van der Waals surface area (Å²) in [5.74, 6) is 0.228. The van der Waals surface area contributed by atoms with Crippen LogP contribution in [0.1, 0.15) is 0 Å². The Bertz CT molecular complexity index is 988. The molecule has 0 bridgehead atoms. The second-order valence-corrected chi connectivity index (χ2v) is 5.41. The van der Waals surface area contributed by atoms with Gasteiger partial charge in [-0.2, -0.15) is 5.10 Å². The monoisotopic (exact) mass is 321 g/mol. The average Bonchev–Trinajstić information content (AvgIpc) is 3.22. The van der Waals surface area contributed by atoms with Gasteiger partial charge in [-0.25, -0.2) is 4.98 Å². The van der Waals surface area contributed by atoms with Gasteiger partial charge in [0.25, 0.3) is 0 Å². The van der Waals surface area contributed by atoms with Crippen molar-refractivity contribution in [1.82, 2.24) is 24.1 Å². The number of aromatic hydroxyl groups is 1. The van der Waals surface area contributed by atoms with Crippen molar-refractivity contribution in [2.45, 2.75) is 6.54 Å². The predicted molar refractivity (Wildman–Crippen MR) is 88.4 cm³/mol. The van der Waals surface area contributed by atoms with E-state index in [9.17, 15) is 5.11 Å².